The van der Waals surface area contributed by atoms with Crippen LogP contribution in [0.5, 0.6) is 0 Å². The number of ketones is 1. The zero-order valence-electron chi connectivity index (χ0n) is 23.8. The number of carbonyl (C=O) groups is 5. The number of hydrogen-bond acceptors (Lipinski definition) is 11. The van der Waals surface area contributed by atoms with Crippen molar-refractivity contribution in [1.82, 2.24) is 10.2 Å². The molecule has 12 nitrogen and oxygen atoms in total. The quantitative estimate of drug-likeness (QED) is 0.0973. The second-order valence-electron chi connectivity index (χ2n) is 9.98. The van der Waals surface area contributed by atoms with Crippen LogP contribution in [0, 0.1) is 11.8 Å². The van der Waals surface area contributed by atoms with Crippen LogP contribution in [-0.4, -0.2) is 104 Å². The van der Waals surface area contributed by atoms with Gasteiger partial charge in [-0.05, 0) is 38.0 Å². The minimum Gasteiger partial charge on any atom is -0.460 e. The van der Waals surface area contributed by atoms with Crippen LogP contribution in [0.3, 0.4) is 0 Å². The van der Waals surface area contributed by atoms with Crippen LogP contribution in [-0.2, 0) is 42.9 Å². The first-order chi connectivity index (χ1) is 19.2. The lowest BCUT2D eigenvalue weighted by atomic mass is 9.79. The van der Waals surface area contributed by atoms with E-state index in [1.807, 2.05) is 6.92 Å². The number of amides is 3. The maximum absolute atomic E-state index is 12.8. The zero-order valence-corrected chi connectivity index (χ0v) is 24.6. The first-order valence-corrected chi connectivity index (χ1v) is 15.0. The third-order valence-corrected chi connectivity index (χ3v) is 8.39. The number of likely N-dealkylation sites (tertiary alicyclic amines) is 1. The van der Waals surface area contributed by atoms with Crippen molar-refractivity contribution in [3.05, 3.63) is 0 Å². The van der Waals surface area contributed by atoms with Gasteiger partial charge in [-0.3, -0.25) is 28.9 Å². The summed E-state index contributed by atoms with van der Waals surface area (Å²) in [6, 6.07) is 0. The first-order valence-electron chi connectivity index (χ1n) is 13.9. The van der Waals surface area contributed by atoms with Gasteiger partial charge in [-0.25, -0.2) is 0 Å². The molecular weight excluding hydrogens is 544 g/mol. The Morgan fingerprint density at radius 3 is 2.40 bits per heavy atom. The molecule has 3 unspecified atom stereocenters. The van der Waals surface area contributed by atoms with Crippen molar-refractivity contribution < 1.29 is 48.0 Å². The molecule has 0 aromatic carbocycles. The van der Waals surface area contributed by atoms with Gasteiger partial charge in [0, 0.05) is 64.7 Å². The molecule has 2 N–H and O–H groups in total. The van der Waals surface area contributed by atoms with E-state index < -0.39 is 23.8 Å². The van der Waals surface area contributed by atoms with Gasteiger partial charge in [0.25, 0.3) is 0 Å². The SMILES string of the molecule is CCC(=O)C1CCC(CN2C(=O)CC(SCCNC(=O)CCCC(=O)OCC(OC)OC(CO)OC)C2=O)CC1. The number of imide groups is 1. The van der Waals surface area contributed by atoms with E-state index in [1.54, 1.807) is 0 Å². The fourth-order valence-electron chi connectivity index (χ4n) is 4.80. The normalized spacial score (nSPS) is 22.7. The highest BCUT2D eigenvalue weighted by Crippen LogP contribution is 2.33. The number of hydrogen-bond donors (Lipinski definition) is 2. The molecule has 228 valence electrons. The molecule has 3 amide bonds. The molecule has 2 rings (SSSR count). The van der Waals surface area contributed by atoms with Crippen molar-refractivity contribution in [2.24, 2.45) is 11.8 Å². The van der Waals surface area contributed by atoms with Gasteiger partial charge in [0.15, 0.2) is 12.6 Å². The number of ether oxygens (including phenoxy) is 4. The second kappa shape index (κ2) is 18.4. The number of thioether (sulfide) groups is 1. The van der Waals surface area contributed by atoms with Crippen molar-refractivity contribution >= 4 is 41.2 Å². The lowest BCUT2D eigenvalue weighted by molar-refractivity contribution is -0.251. The minimum absolute atomic E-state index is 0.0391. The molecule has 1 aliphatic heterocycles. The fraction of sp³-hybridized carbons (Fsp3) is 0.815. The summed E-state index contributed by atoms with van der Waals surface area (Å²) in [5.74, 6) is 0.116. The molecule has 13 heteroatoms. The van der Waals surface area contributed by atoms with Crippen LogP contribution in [0.2, 0.25) is 0 Å². The summed E-state index contributed by atoms with van der Waals surface area (Å²) < 4.78 is 20.2. The molecule has 2 aliphatic rings. The van der Waals surface area contributed by atoms with Crippen molar-refractivity contribution in [2.45, 2.75) is 82.5 Å². The Balaban J connectivity index is 1.57. The number of rotatable bonds is 19. The Kier molecular flexibility index (Phi) is 15.7. The topological polar surface area (TPSA) is 158 Å². The lowest BCUT2D eigenvalue weighted by Crippen LogP contribution is -2.37. The number of methoxy groups -OCH3 is 2. The molecule has 0 aromatic rings. The monoisotopic (exact) mass is 588 g/mol. The Morgan fingerprint density at radius 1 is 1.07 bits per heavy atom. The number of aliphatic hydroxyl groups is 1. The summed E-state index contributed by atoms with van der Waals surface area (Å²) in [6.07, 6.45) is 2.79. The highest BCUT2D eigenvalue weighted by Gasteiger charge is 2.40. The molecule has 1 saturated carbocycles. The molecule has 3 atom stereocenters. The standard InChI is InChI=1S/C27H44N2O10S/c1-4-20(31)19-10-8-18(9-11-19)15-29-23(33)14-21(27(29)35)40-13-12-28-22(32)6-5-7-24(34)38-17-26(37-3)39-25(16-30)36-2/h18-19,21,25-26,30H,4-17H2,1-3H3,(H,28,32). The van der Waals surface area contributed by atoms with Crippen LogP contribution in [0.1, 0.15) is 64.7 Å². The van der Waals surface area contributed by atoms with E-state index in [9.17, 15) is 24.0 Å². The summed E-state index contributed by atoms with van der Waals surface area (Å²) in [4.78, 5) is 62.6. The van der Waals surface area contributed by atoms with E-state index >= 15 is 0 Å². The van der Waals surface area contributed by atoms with E-state index in [-0.39, 0.29) is 62.0 Å². The predicted octanol–water partition coefficient (Wildman–Crippen LogP) is 1.42. The highest BCUT2D eigenvalue weighted by atomic mass is 32.2. The van der Waals surface area contributed by atoms with E-state index in [2.05, 4.69) is 5.32 Å². The van der Waals surface area contributed by atoms with E-state index in [0.29, 0.717) is 37.5 Å². The van der Waals surface area contributed by atoms with Crippen LogP contribution in [0.4, 0.5) is 0 Å². The van der Waals surface area contributed by atoms with Gasteiger partial charge in [-0.1, -0.05) is 6.92 Å². The van der Waals surface area contributed by atoms with Gasteiger partial charge in [0.05, 0.1) is 11.9 Å². The number of Topliss-reactive ketones (excluding diaryl/α,β-unsaturated/α-hetero) is 1. The predicted molar refractivity (Wildman–Crippen MR) is 146 cm³/mol. The third-order valence-electron chi connectivity index (χ3n) is 7.18. The summed E-state index contributed by atoms with van der Waals surface area (Å²) in [5.41, 5.74) is 0. The van der Waals surface area contributed by atoms with E-state index in [1.165, 1.54) is 30.9 Å². The smallest absolute Gasteiger partial charge is 0.305 e. The van der Waals surface area contributed by atoms with Gasteiger partial charge < -0.3 is 29.4 Å². The maximum atomic E-state index is 12.8. The number of esters is 1. The molecule has 2 fully saturated rings. The number of aliphatic hydroxyl groups excluding tert-OH is 1. The maximum Gasteiger partial charge on any atom is 0.305 e. The Bertz CT molecular complexity index is 845. The Morgan fingerprint density at radius 2 is 1.77 bits per heavy atom. The largest absolute Gasteiger partial charge is 0.460 e. The minimum atomic E-state index is -0.897. The number of carbonyl (C=O) groups excluding carboxylic acids is 5. The molecule has 0 spiro atoms. The van der Waals surface area contributed by atoms with Crippen LogP contribution < -0.4 is 5.32 Å². The number of nitrogens with zero attached hydrogens (tertiary/aromatic N) is 1. The summed E-state index contributed by atoms with van der Waals surface area (Å²) in [6.45, 7) is 2.10. The molecular formula is C27H44N2O10S. The van der Waals surface area contributed by atoms with Crippen molar-refractivity contribution in [2.75, 3.05) is 46.3 Å². The fourth-order valence-corrected chi connectivity index (χ4v) is 5.84. The van der Waals surface area contributed by atoms with Gasteiger partial charge >= 0.3 is 5.97 Å². The molecule has 1 aliphatic carbocycles. The molecule has 0 aromatic heterocycles. The van der Waals surface area contributed by atoms with Gasteiger partial charge in [-0.15, -0.1) is 11.8 Å². The highest BCUT2D eigenvalue weighted by molar-refractivity contribution is 8.00. The second-order valence-corrected chi connectivity index (χ2v) is 11.3. The zero-order chi connectivity index (χ0) is 29.5. The number of nitrogens with one attached hydrogen (secondary N) is 1. The van der Waals surface area contributed by atoms with Crippen molar-refractivity contribution in [1.29, 1.82) is 0 Å². The Hall–Kier alpha value is -2.06. The van der Waals surface area contributed by atoms with Crippen molar-refractivity contribution in [3.63, 3.8) is 0 Å². The van der Waals surface area contributed by atoms with Gasteiger partial charge in [0.1, 0.15) is 12.4 Å². The average molecular weight is 589 g/mol. The molecule has 1 saturated heterocycles. The first kappa shape index (κ1) is 34.1. The third kappa shape index (κ3) is 11.4. The summed E-state index contributed by atoms with van der Waals surface area (Å²) >= 11 is 1.36. The summed E-state index contributed by atoms with van der Waals surface area (Å²) in [5, 5.41) is 11.4. The van der Waals surface area contributed by atoms with Crippen LogP contribution in [0.15, 0.2) is 0 Å². The molecule has 40 heavy (non-hydrogen) atoms. The molecule has 0 bridgehead atoms. The average Bonchev–Trinajstić information content (AvgIpc) is 3.22. The Labute approximate surface area is 240 Å². The van der Waals surface area contributed by atoms with E-state index in [4.69, 9.17) is 24.1 Å². The van der Waals surface area contributed by atoms with Gasteiger partial charge in [0.2, 0.25) is 17.7 Å². The summed E-state index contributed by atoms with van der Waals surface area (Å²) in [7, 11) is 2.73. The van der Waals surface area contributed by atoms with Crippen LogP contribution in [0.25, 0.3) is 0 Å². The lowest BCUT2D eigenvalue weighted by Gasteiger charge is -2.30. The molecule has 1 heterocycles. The molecule has 0 radical (unpaired) electrons. The van der Waals surface area contributed by atoms with E-state index in [0.717, 1.165) is 25.7 Å². The van der Waals surface area contributed by atoms with Crippen molar-refractivity contribution in [3.8, 4) is 0 Å². The van der Waals surface area contributed by atoms with Gasteiger partial charge in [-0.2, -0.15) is 0 Å². The van der Waals surface area contributed by atoms with Crippen LogP contribution >= 0.6 is 11.8 Å².